The molecule has 0 aromatic rings. The third kappa shape index (κ3) is 2.53. The van der Waals surface area contributed by atoms with Gasteiger partial charge in [-0.3, -0.25) is 0 Å². The molecule has 0 rings (SSSR count). The van der Waals surface area contributed by atoms with E-state index in [2.05, 4.69) is 0 Å². The van der Waals surface area contributed by atoms with E-state index in [-0.39, 0.29) is 0 Å². The van der Waals surface area contributed by atoms with Crippen LogP contribution in [0.4, 0.5) is 0 Å². The van der Waals surface area contributed by atoms with Crippen LogP contribution in [0.1, 0.15) is 13.8 Å². The van der Waals surface area contributed by atoms with Gasteiger partial charge in [0.25, 0.3) is 0 Å². The molecule has 38 valence electrons. The Labute approximate surface area is 42.2 Å². The molecule has 0 bridgehead atoms. The van der Waals surface area contributed by atoms with Crippen LogP contribution in [0.25, 0.3) is 0 Å². The Kier molecular flexibility index (Phi) is 1.83. The highest BCUT2D eigenvalue weighted by atomic mass is 31.1. The Morgan fingerprint density at radius 1 is 1.50 bits per heavy atom. The molecule has 0 saturated carbocycles. The van der Waals surface area contributed by atoms with Crippen LogP contribution in [0, 0.1) is 0 Å². The van der Waals surface area contributed by atoms with Crippen LogP contribution in [-0.2, 0) is 0 Å². The van der Waals surface area contributed by atoms with Gasteiger partial charge in [0, 0.05) is 0 Å². The van der Waals surface area contributed by atoms with Crippen molar-refractivity contribution in [2.75, 3.05) is 13.3 Å². The molecule has 1 heteroatoms. The molecule has 0 heterocycles. The van der Waals surface area contributed by atoms with Crippen LogP contribution in [0.2, 0.25) is 0 Å². The quantitative estimate of drug-likeness (QED) is 0.412. The van der Waals surface area contributed by atoms with Crippen molar-refractivity contribution in [1.29, 1.82) is 1.28 Å². The van der Waals surface area contributed by atoms with Crippen molar-refractivity contribution in [3.63, 3.8) is 0 Å². The summed E-state index contributed by atoms with van der Waals surface area (Å²) >= 11 is 0. The molecule has 0 saturated heterocycles. The van der Waals surface area contributed by atoms with E-state index >= 15 is 0 Å². The second-order valence-electron chi connectivity index (χ2n) is 1.84. The first kappa shape index (κ1) is 4.46. The van der Waals surface area contributed by atoms with Gasteiger partial charge < -0.3 is 0 Å². The molecule has 0 amide bonds. The van der Waals surface area contributed by atoms with Crippen molar-refractivity contribution < 1.29 is 0 Å². The molecular formula is C5H13P. The largest absolute Gasteiger partial charge is 0.125 e. The smallest absolute Gasteiger partial charge is 0.0575 e. The van der Waals surface area contributed by atoms with Crippen molar-refractivity contribution in [1.82, 2.24) is 0 Å². The average molecular weight is 106 g/mol. The third-order valence-corrected chi connectivity index (χ3v) is 2.68. The monoisotopic (exact) mass is 106 g/mol. The summed E-state index contributed by atoms with van der Waals surface area (Å²) < 4.78 is 7.46. The fourth-order valence-corrected chi connectivity index (χ4v) is 0. The van der Waals surface area contributed by atoms with Gasteiger partial charge >= 0.3 is 0 Å². The van der Waals surface area contributed by atoms with Crippen molar-refractivity contribution in [2.45, 2.75) is 13.8 Å². The van der Waals surface area contributed by atoms with E-state index in [1.54, 1.807) is 0 Å². The lowest BCUT2D eigenvalue weighted by Gasteiger charge is -1.89. The van der Waals surface area contributed by atoms with Crippen molar-refractivity contribution in [3.05, 3.63) is 0 Å². The summed E-state index contributed by atoms with van der Waals surface area (Å²) in [7, 11) is -1.32. The maximum Gasteiger partial charge on any atom is 0.0575 e. The van der Waals surface area contributed by atoms with E-state index in [1.165, 1.54) is 5.29 Å². The summed E-state index contributed by atoms with van der Waals surface area (Å²) in [6, 6.07) is 0. The maximum absolute atomic E-state index is 7.46. The summed E-state index contributed by atoms with van der Waals surface area (Å²) in [5.41, 5.74) is 0. The second kappa shape index (κ2) is 2.47. The Morgan fingerprint density at radius 2 is 1.67 bits per heavy atom. The lowest BCUT2D eigenvalue weighted by Crippen LogP contribution is -1.73. The van der Waals surface area contributed by atoms with E-state index < -0.39 is 7.49 Å². The molecule has 0 aromatic carbocycles. The van der Waals surface area contributed by atoms with Crippen molar-refractivity contribution >= 4 is 12.8 Å². The molecule has 0 fully saturated rings. The van der Waals surface area contributed by atoms with Gasteiger partial charge in [0.1, 0.15) is 0 Å². The molecule has 0 unspecified atom stereocenters. The standard InChI is InChI=1S/C5H13P/c1-5(2)6(3)4/h6H,1-4H3/i6T. The number of hydrogen-bond acceptors (Lipinski definition) is 0. The number of hydrogen-bond donors (Lipinski definition) is 0. The maximum atomic E-state index is 7.46. The van der Waals surface area contributed by atoms with Crippen LogP contribution in [0.15, 0.2) is 0 Å². The minimum absolute atomic E-state index is 1.27. The van der Waals surface area contributed by atoms with E-state index in [9.17, 15) is 0 Å². The van der Waals surface area contributed by atoms with Gasteiger partial charge in [-0.05, 0) is 27.2 Å². The molecule has 0 aromatic heterocycles. The molecule has 0 aliphatic rings. The highest BCUT2D eigenvalue weighted by Gasteiger charge is 1.73. The summed E-state index contributed by atoms with van der Waals surface area (Å²) in [4.78, 5) is 0. The number of rotatable bonds is 0. The minimum Gasteiger partial charge on any atom is -0.125 e. The average Bonchev–Trinajstić information content (AvgIpc) is 1.31. The molecule has 0 aliphatic heterocycles. The Morgan fingerprint density at radius 3 is 1.67 bits per heavy atom. The van der Waals surface area contributed by atoms with Gasteiger partial charge in [-0.15, -0.1) is 7.49 Å². The van der Waals surface area contributed by atoms with E-state index in [4.69, 9.17) is 1.28 Å². The third-order valence-electron chi connectivity index (χ3n) is 0.894. The van der Waals surface area contributed by atoms with Crippen LogP contribution < -0.4 is 0 Å². The van der Waals surface area contributed by atoms with Gasteiger partial charge in [0.15, 0.2) is 0 Å². The van der Waals surface area contributed by atoms with E-state index in [1.807, 2.05) is 27.2 Å². The predicted molar refractivity (Wildman–Crippen MR) is 36.5 cm³/mol. The molecule has 0 nitrogen and oxygen atoms in total. The van der Waals surface area contributed by atoms with E-state index in [0.717, 1.165) is 0 Å². The summed E-state index contributed by atoms with van der Waals surface area (Å²) in [6.45, 7) is 8.06. The highest BCUT2D eigenvalue weighted by Crippen LogP contribution is 2.10. The zero-order valence-electron chi connectivity index (χ0n) is 5.95. The van der Waals surface area contributed by atoms with E-state index in [0.29, 0.717) is 0 Å². The first-order valence-electron chi connectivity index (χ1n) is 2.57. The Hall–Kier alpha value is 0.300. The first-order chi connectivity index (χ1) is 2.94. The Balaban J connectivity index is 4.28. The SMILES string of the molecule is [3H]P(C)(C)=C(C)C. The van der Waals surface area contributed by atoms with Gasteiger partial charge in [-0.2, -0.15) is 0 Å². The predicted octanol–water partition coefficient (Wildman–Crippen LogP) is 1.67. The van der Waals surface area contributed by atoms with Crippen molar-refractivity contribution in [2.24, 2.45) is 0 Å². The normalized spacial score (nSPS) is 13.7. The van der Waals surface area contributed by atoms with Crippen LogP contribution in [0.5, 0.6) is 0 Å². The molecule has 0 radical (unpaired) electrons. The molecule has 0 N–H and O–H groups in total. The fourth-order valence-electron chi connectivity index (χ4n) is 0. The zero-order chi connectivity index (χ0) is 6.08. The second-order valence-corrected chi connectivity index (χ2v) is 4.52. The van der Waals surface area contributed by atoms with Gasteiger partial charge in [-0.1, -0.05) is 5.29 Å². The Bertz CT molecular complexity index is 97.0. The van der Waals surface area contributed by atoms with Gasteiger partial charge in [0.2, 0.25) is 0 Å². The van der Waals surface area contributed by atoms with Crippen molar-refractivity contribution in [3.8, 4) is 0 Å². The lowest BCUT2D eigenvalue weighted by atomic mass is 10.6. The van der Waals surface area contributed by atoms with Gasteiger partial charge in [-0.25, -0.2) is 0 Å². The topological polar surface area (TPSA) is 0 Å². The zero-order valence-corrected chi connectivity index (χ0v) is 5.84. The first-order valence-corrected chi connectivity index (χ1v) is 4.35. The molecule has 0 spiro atoms. The molecule has 0 aliphatic carbocycles. The fraction of sp³-hybridized carbons (Fsp3) is 0.800. The van der Waals surface area contributed by atoms with Crippen LogP contribution >= 0.6 is 7.49 Å². The highest BCUT2D eigenvalue weighted by molar-refractivity contribution is 7.57. The molecular weight excluding hydrogens is 91.0 g/mol. The van der Waals surface area contributed by atoms with Gasteiger partial charge in [0.05, 0.1) is 1.28 Å². The summed E-state index contributed by atoms with van der Waals surface area (Å²) in [6.07, 6.45) is 0. The minimum atomic E-state index is -1.32. The summed E-state index contributed by atoms with van der Waals surface area (Å²) in [5, 5.41) is 1.27. The van der Waals surface area contributed by atoms with Crippen LogP contribution in [0.3, 0.4) is 0 Å². The lowest BCUT2D eigenvalue weighted by molar-refractivity contribution is 1.84. The molecule has 0 atom stereocenters. The van der Waals surface area contributed by atoms with Crippen LogP contribution in [-0.4, -0.2) is 19.9 Å². The molecule has 6 heavy (non-hydrogen) atoms. The summed E-state index contributed by atoms with van der Waals surface area (Å²) in [5.74, 6) is 0.